The Morgan fingerprint density at radius 2 is 2.24 bits per heavy atom. The van der Waals surface area contributed by atoms with Crippen LogP contribution in [0, 0.1) is 5.82 Å². The molecule has 0 fully saturated rings. The van der Waals surface area contributed by atoms with Crippen molar-refractivity contribution in [1.82, 2.24) is 4.98 Å². The molecule has 0 spiro atoms. The lowest BCUT2D eigenvalue weighted by atomic mass is 10.3. The van der Waals surface area contributed by atoms with Crippen molar-refractivity contribution >= 4 is 27.5 Å². The van der Waals surface area contributed by atoms with Crippen LogP contribution in [0.2, 0.25) is 0 Å². The number of amides is 1. The van der Waals surface area contributed by atoms with E-state index in [1.807, 2.05) is 0 Å². The molecule has 0 aliphatic carbocycles. The van der Waals surface area contributed by atoms with E-state index in [4.69, 9.17) is 9.47 Å². The maximum absolute atomic E-state index is 12.9. The molecule has 0 aliphatic rings. The summed E-state index contributed by atoms with van der Waals surface area (Å²) in [7, 11) is 1.46. The van der Waals surface area contributed by atoms with E-state index in [9.17, 15) is 9.18 Å². The van der Waals surface area contributed by atoms with Crippen molar-refractivity contribution in [3.05, 3.63) is 46.8 Å². The third-order valence-corrected chi connectivity index (χ3v) is 3.11. The van der Waals surface area contributed by atoms with Gasteiger partial charge in [0, 0.05) is 6.20 Å². The molecule has 1 aromatic carbocycles. The lowest BCUT2D eigenvalue weighted by molar-refractivity contribution is -0.118. The van der Waals surface area contributed by atoms with Crippen LogP contribution in [0.3, 0.4) is 0 Å². The zero-order valence-electron chi connectivity index (χ0n) is 11.1. The summed E-state index contributed by atoms with van der Waals surface area (Å²) in [6.07, 6.45) is 1.56. The number of hydrogen-bond donors (Lipinski definition) is 1. The summed E-state index contributed by atoms with van der Waals surface area (Å²) in [6.45, 7) is -0.220. The first kappa shape index (κ1) is 15.2. The molecular formula is C14H12BrFN2O3. The normalized spacial score (nSPS) is 10.0. The minimum atomic E-state index is -0.390. The van der Waals surface area contributed by atoms with Gasteiger partial charge in [-0.1, -0.05) is 0 Å². The van der Waals surface area contributed by atoms with E-state index >= 15 is 0 Å². The van der Waals surface area contributed by atoms with E-state index in [0.29, 0.717) is 21.8 Å². The zero-order chi connectivity index (χ0) is 15.2. The Kier molecular flexibility index (Phi) is 5.10. The number of aromatic nitrogens is 1. The smallest absolute Gasteiger partial charge is 0.262 e. The van der Waals surface area contributed by atoms with E-state index in [2.05, 4.69) is 26.2 Å². The second-order valence-electron chi connectivity index (χ2n) is 3.97. The van der Waals surface area contributed by atoms with Gasteiger partial charge in [-0.2, -0.15) is 0 Å². The predicted molar refractivity (Wildman–Crippen MR) is 79.0 cm³/mol. The van der Waals surface area contributed by atoms with Crippen LogP contribution >= 0.6 is 15.9 Å². The number of halogens is 2. The number of hydrogen-bond acceptors (Lipinski definition) is 4. The van der Waals surface area contributed by atoms with Crippen LogP contribution in [0.1, 0.15) is 0 Å². The van der Waals surface area contributed by atoms with Crippen molar-refractivity contribution in [2.45, 2.75) is 0 Å². The van der Waals surface area contributed by atoms with Crippen LogP contribution in [0.5, 0.6) is 11.6 Å². The largest absolute Gasteiger partial charge is 0.483 e. The lowest BCUT2D eigenvalue weighted by Crippen LogP contribution is -2.20. The van der Waals surface area contributed by atoms with Crippen molar-refractivity contribution in [2.75, 3.05) is 19.0 Å². The average Bonchev–Trinajstić information content (AvgIpc) is 2.47. The van der Waals surface area contributed by atoms with Gasteiger partial charge in [-0.3, -0.25) is 4.79 Å². The fraction of sp³-hybridized carbons (Fsp3) is 0.143. The fourth-order valence-electron chi connectivity index (χ4n) is 1.57. The van der Waals surface area contributed by atoms with Crippen LogP contribution in [-0.4, -0.2) is 24.6 Å². The second kappa shape index (κ2) is 7.03. The Hall–Kier alpha value is -2.15. The Labute approximate surface area is 129 Å². The molecule has 1 heterocycles. The first-order valence-corrected chi connectivity index (χ1v) is 6.76. The average molecular weight is 355 g/mol. The summed E-state index contributed by atoms with van der Waals surface area (Å²) in [5, 5.41) is 2.62. The molecule has 5 nitrogen and oxygen atoms in total. The van der Waals surface area contributed by atoms with E-state index in [-0.39, 0.29) is 12.5 Å². The van der Waals surface area contributed by atoms with Gasteiger partial charge in [0.05, 0.1) is 11.6 Å². The van der Waals surface area contributed by atoms with Gasteiger partial charge >= 0.3 is 0 Å². The summed E-state index contributed by atoms with van der Waals surface area (Å²) in [6, 6.07) is 7.30. The molecule has 1 amide bonds. The third-order valence-electron chi connectivity index (χ3n) is 2.49. The predicted octanol–water partition coefficient (Wildman–Crippen LogP) is 3.01. The summed E-state index contributed by atoms with van der Waals surface area (Å²) in [4.78, 5) is 15.8. The highest BCUT2D eigenvalue weighted by Crippen LogP contribution is 2.25. The summed E-state index contributed by atoms with van der Waals surface area (Å²) >= 11 is 3.16. The van der Waals surface area contributed by atoms with Crippen LogP contribution < -0.4 is 14.8 Å². The number of carbonyl (C=O) groups is 1. The second-order valence-corrected chi connectivity index (χ2v) is 4.83. The Bertz CT molecular complexity index is 652. The highest BCUT2D eigenvalue weighted by Gasteiger charge is 2.10. The highest BCUT2D eigenvalue weighted by molar-refractivity contribution is 9.10. The Balaban J connectivity index is 1.96. The van der Waals surface area contributed by atoms with Crippen LogP contribution in [0.4, 0.5) is 10.1 Å². The minimum Gasteiger partial charge on any atom is -0.483 e. The molecule has 0 bridgehead atoms. The van der Waals surface area contributed by atoms with Crippen molar-refractivity contribution in [3.63, 3.8) is 0 Å². The summed E-state index contributed by atoms with van der Waals surface area (Å²) < 4.78 is 23.7. The topological polar surface area (TPSA) is 60.5 Å². The lowest BCUT2D eigenvalue weighted by Gasteiger charge is -2.10. The third kappa shape index (κ3) is 4.16. The van der Waals surface area contributed by atoms with Gasteiger partial charge in [0.25, 0.3) is 5.91 Å². The van der Waals surface area contributed by atoms with Crippen molar-refractivity contribution < 1.29 is 18.7 Å². The molecule has 2 rings (SSSR count). The standard InChI is InChI=1S/C14H12BrFN2O3/c1-20-14-11(3-2-6-17-14)18-13(19)8-21-12-5-4-9(16)7-10(12)15/h2-7H,8H2,1H3,(H,18,19). The minimum absolute atomic E-state index is 0.220. The van der Waals surface area contributed by atoms with Gasteiger partial charge in [0.2, 0.25) is 5.88 Å². The Morgan fingerprint density at radius 3 is 2.95 bits per heavy atom. The number of nitrogens with zero attached hydrogens (tertiary/aromatic N) is 1. The molecule has 7 heteroatoms. The molecule has 0 atom stereocenters. The molecule has 0 radical (unpaired) electrons. The van der Waals surface area contributed by atoms with Crippen molar-refractivity contribution in [1.29, 1.82) is 0 Å². The quantitative estimate of drug-likeness (QED) is 0.896. The van der Waals surface area contributed by atoms with E-state index < -0.39 is 5.82 Å². The molecule has 0 aliphatic heterocycles. The van der Waals surface area contributed by atoms with Gasteiger partial charge in [-0.25, -0.2) is 9.37 Å². The first-order valence-electron chi connectivity index (χ1n) is 5.97. The first-order chi connectivity index (χ1) is 10.1. The molecule has 110 valence electrons. The fourth-order valence-corrected chi connectivity index (χ4v) is 2.04. The zero-order valence-corrected chi connectivity index (χ0v) is 12.7. The van der Waals surface area contributed by atoms with Crippen LogP contribution in [-0.2, 0) is 4.79 Å². The molecule has 0 unspecified atom stereocenters. The molecule has 1 N–H and O–H groups in total. The maximum Gasteiger partial charge on any atom is 0.262 e. The molecule has 2 aromatic rings. The van der Waals surface area contributed by atoms with Gasteiger partial charge in [0.1, 0.15) is 17.3 Å². The van der Waals surface area contributed by atoms with E-state index in [1.165, 1.54) is 25.3 Å². The summed E-state index contributed by atoms with van der Waals surface area (Å²) in [5.74, 6) is -0.0742. The number of methoxy groups -OCH3 is 1. The van der Waals surface area contributed by atoms with Crippen LogP contribution in [0.25, 0.3) is 0 Å². The van der Waals surface area contributed by atoms with E-state index in [0.717, 1.165) is 0 Å². The molecule has 1 aromatic heterocycles. The molecular weight excluding hydrogens is 343 g/mol. The van der Waals surface area contributed by atoms with Crippen molar-refractivity contribution in [2.24, 2.45) is 0 Å². The van der Waals surface area contributed by atoms with Crippen LogP contribution in [0.15, 0.2) is 41.0 Å². The maximum atomic E-state index is 12.9. The van der Waals surface area contributed by atoms with Gasteiger partial charge in [-0.15, -0.1) is 0 Å². The Morgan fingerprint density at radius 1 is 1.43 bits per heavy atom. The van der Waals surface area contributed by atoms with Gasteiger partial charge < -0.3 is 14.8 Å². The number of rotatable bonds is 5. The number of carbonyl (C=O) groups excluding carboxylic acids is 1. The highest BCUT2D eigenvalue weighted by atomic mass is 79.9. The summed E-state index contributed by atoms with van der Waals surface area (Å²) in [5.41, 5.74) is 0.451. The number of ether oxygens (including phenoxy) is 2. The monoisotopic (exact) mass is 354 g/mol. The number of pyridine rings is 1. The van der Waals surface area contributed by atoms with E-state index in [1.54, 1.807) is 18.3 Å². The molecule has 0 saturated carbocycles. The van der Waals surface area contributed by atoms with Crippen molar-refractivity contribution in [3.8, 4) is 11.6 Å². The molecule has 21 heavy (non-hydrogen) atoms. The SMILES string of the molecule is COc1ncccc1NC(=O)COc1ccc(F)cc1Br. The van der Waals surface area contributed by atoms with Gasteiger partial charge in [-0.05, 0) is 46.3 Å². The number of nitrogens with one attached hydrogen (secondary N) is 1. The van der Waals surface area contributed by atoms with Gasteiger partial charge in [0.15, 0.2) is 6.61 Å². The number of benzene rings is 1. The molecule has 0 saturated heterocycles. The number of anilines is 1.